The van der Waals surface area contributed by atoms with Crippen molar-refractivity contribution in [2.75, 3.05) is 12.3 Å². The van der Waals surface area contributed by atoms with Crippen LogP contribution in [0.25, 0.3) is 0 Å². The van der Waals surface area contributed by atoms with E-state index in [-0.39, 0.29) is 96.8 Å². The molecule has 1 amide bonds. The fourth-order valence-electron chi connectivity index (χ4n) is 8.44. The Bertz CT molecular complexity index is 1040. The zero-order valence-corrected chi connectivity index (χ0v) is 25.0. The van der Waals surface area contributed by atoms with Crippen LogP contribution in [0.15, 0.2) is 0 Å². The summed E-state index contributed by atoms with van der Waals surface area (Å²) in [5, 5.41) is 24.8. The molecule has 0 unspecified atom stereocenters. The van der Waals surface area contributed by atoms with Gasteiger partial charge in [0.15, 0.2) is 0 Å². The molecule has 0 saturated heterocycles. The second-order valence-corrected chi connectivity index (χ2v) is 13.5. The van der Waals surface area contributed by atoms with E-state index in [2.05, 4.69) is 19.2 Å². The van der Waals surface area contributed by atoms with Gasteiger partial charge in [-0.2, -0.15) is 8.42 Å². The first-order valence-corrected chi connectivity index (χ1v) is 14.5. The third-order valence-corrected chi connectivity index (χ3v) is 11.0. The number of aliphatic hydroxyl groups is 2. The minimum absolute atomic E-state index is 0. The summed E-state index contributed by atoms with van der Waals surface area (Å²) < 4.78 is 64.8. The van der Waals surface area contributed by atoms with Crippen LogP contribution in [0.5, 0.6) is 0 Å². The van der Waals surface area contributed by atoms with Crippen LogP contribution in [-0.4, -0.2) is 59.1 Å². The van der Waals surface area contributed by atoms with Crippen LogP contribution in [-0.2, 0) is 14.9 Å². The van der Waals surface area contributed by atoms with E-state index in [1.165, 1.54) is 0 Å². The zero-order chi connectivity index (χ0) is 28.5. The monoisotopic (exact) mass is 545 g/mol. The van der Waals surface area contributed by atoms with Crippen LogP contribution in [0, 0.1) is 46.3 Å². The number of carbonyl (C=O) groups is 1. The molecule has 0 aromatic rings. The average Bonchev–Trinajstić information content (AvgIpc) is 3.14. The Morgan fingerprint density at radius 3 is 2.56 bits per heavy atom. The second kappa shape index (κ2) is 12.2. The molecule has 10 atom stereocenters. The van der Waals surface area contributed by atoms with Crippen molar-refractivity contribution in [1.82, 2.24) is 5.32 Å². The van der Waals surface area contributed by atoms with Gasteiger partial charge in [-0.15, -0.1) is 0 Å². The number of fused-ring (bicyclic) bond motifs is 5. The molecule has 6 N–H and O–H groups in total. The van der Waals surface area contributed by atoms with Gasteiger partial charge >= 0.3 is 29.6 Å². The first-order valence-electron chi connectivity index (χ1n) is 14.9. The van der Waals surface area contributed by atoms with E-state index < -0.39 is 52.2 Å². The number of hydrogen-bond acceptors (Lipinski definition) is 5. The van der Waals surface area contributed by atoms with Crippen molar-refractivity contribution >= 4 is 16.0 Å². The minimum atomic E-state index is -4.13. The molecule has 4 aliphatic carbocycles. The van der Waals surface area contributed by atoms with Crippen LogP contribution in [0.1, 0.15) is 91.8 Å². The van der Waals surface area contributed by atoms with Crippen molar-refractivity contribution in [2.45, 2.75) is 97.1 Å². The summed E-state index contributed by atoms with van der Waals surface area (Å²) in [7, 11) is -4.13. The molecule has 36 heavy (non-hydrogen) atoms. The van der Waals surface area contributed by atoms with Gasteiger partial charge in [0, 0.05) is 18.4 Å². The molecule has 0 aliphatic heterocycles. The second-order valence-electron chi connectivity index (χ2n) is 11.9. The Morgan fingerprint density at radius 1 is 1.19 bits per heavy atom. The van der Waals surface area contributed by atoms with Crippen molar-refractivity contribution in [2.24, 2.45) is 46.3 Å². The van der Waals surface area contributed by atoms with E-state index in [0.29, 0.717) is 19.3 Å². The smallest absolute Gasteiger partial charge is 1.00 e. The third-order valence-electron chi connectivity index (χ3n) is 10.3. The van der Waals surface area contributed by atoms with Crippen molar-refractivity contribution in [3.05, 3.63) is 0 Å². The van der Waals surface area contributed by atoms with Gasteiger partial charge in [0.05, 0.1) is 18.0 Å². The Kier molecular flexibility index (Phi) is 8.97. The third kappa shape index (κ3) is 6.19. The molecule has 0 bridgehead atoms. The molecule has 0 aromatic carbocycles. The minimum Gasteiger partial charge on any atom is -1.00 e. The van der Waals surface area contributed by atoms with Crippen LogP contribution >= 0.6 is 0 Å². The Balaban J connectivity index is 0.00000280. The number of hydrogen-bond donors (Lipinski definition) is 4. The van der Waals surface area contributed by atoms with E-state index in [1.54, 1.807) is 0 Å². The fraction of sp³-hybridized carbons (Fsp3) is 0.962. The van der Waals surface area contributed by atoms with Gasteiger partial charge in [-0.1, -0.05) is 20.8 Å². The molecule has 0 heterocycles. The average molecular weight is 546 g/mol. The zero-order valence-electron chi connectivity index (χ0n) is 27.2. The normalized spacial score (nSPS) is 47.0. The summed E-state index contributed by atoms with van der Waals surface area (Å²) in [6.07, 6.45) is -1.64. The number of aliphatic hydroxyl groups excluding tert-OH is 2. The number of carbonyl (C=O) groups excluding carboxylic acids is 1. The van der Waals surface area contributed by atoms with E-state index in [1.807, 2.05) is 6.92 Å². The maximum Gasteiger partial charge on any atom is 1.00 e. The standard InChI is InChI=1S/C26H45NO6S.Na.H2O.H/c1-16(4-9-24(30)27-12-13-34(31,32)33)20-7-8-21-19-6-5-17-14-18(28)10-11-25(17,2)22(19)15-23(29)26(20,21)3;;;/h16-23,28-29H,4-15H2,1-3H3,(H,27,30)(H,31,32,33);;1H2;/q;+1;;-1/t16-,17-,18-,19+,20-,21+,22+,23+,25+,26-;;;/m1.../s1/i10D2,14D2;;;. The summed E-state index contributed by atoms with van der Waals surface area (Å²) in [4.78, 5) is 12.2. The molecule has 4 aliphatic rings. The molecule has 0 aromatic heterocycles. The summed E-state index contributed by atoms with van der Waals surface area (Å²) in [6.45, 7) is 6.12. The largest absolute Gasteiger partial charge is 1.00 e. The Labute approximate surface area is 246 Å². The van der Waals surface area contributed by atoms with E-state index in [4.69, 9.17) is 10.0 Å². The molecule has 4 saturated carbocycles. The van der Waals surface area contributed by atoms with E-state index >= 15 is 0 Å². The number of amides is 1. The molecule has 8 nitrogen and oxygen atoms in total. The van der Waals surface area contributed by atoms with Gasteiger partial charge < -0.3 is 22.4 Å². The number of rotatable bonds is 7. The number of nitrogens with one attached hydrogen (secondary N) is 1. The molecular formula is C26H48NNaO7S. The Morgan fingerprint density at radius 2 is 1.89 bits per heavy atom. The molecule has 0 spiro atoms. The van der Waals surface area contributed by atoms with Gasteiger partial charge in [0.25, 0.3) is 10.1 Å². The van der Waals surface area contributed by atoms with Crippen molar-refractivity contribution in [1.29, 1.82) is 0 Å². The summed E-state index contributed by atoms with van der Waals surface area (Å²) in [5.74, 6) is -0.418. The fourth-order valence-corrected chi connectivity index (χ4v) is 8.80. The van der Waals surface area contributed by atoms with Gasteiger partial charge in [-0.25, -0.2) is 0 Å². The quantitative estimate of drug-likeness (QED) is 0.254. The first-order chi connectivity index (χ1) is 17.4. The first kappa shape index (κ1) is 26.5. The van der Waals surface area contributed by atoms with Gasteiger partial charge in [-0.3, -0.25) is 9.35 Å². The van der Waals surface area contributed by atoms with Gasteiger partial charge in [-0.05, 0) is 104 Å². The molecule has 4 fully saturated rings. The molecule has 10 heteroatoms. The maximum absolute atomic E-state index is 12.2. The maximum atomic E-state index is 12.2. The topological polar surface area (TPSA) is 155 Å². The van der Waals surface area contributed by atoms with Crippen LogP contribution in [0.3, 0.4) is 0 Å². The predicted octanol–water partition coefficient (Wildman–Crippen LogP) is -0.311. The Hall–Kier alpha value is 0.260. The summed E-state index contributed by atoms with van der Waals surface area (Å²) in [5.41, 5.74) is -1.00. The molecule has 206 valence electrons. The SMILES string of the molecule is O.[2H]C1([2H])C[C@@]2(C)[C@H](CC[C@@H]3[C@@H]2C[C@H](O)[C@]2(C)[C@@H]([C@H](C)CCC(=O)NCCS(=O)(=O)O)CC[C@@H]32)C([2H])([2H])[C@@H]1O.[H-].[Na+]. The molecular weight excluding hydrogens is 493 g/mol. The van der Waals surface area contributed by atoms with Crippen LogP contribution in [0.2, 0.25) is 0 Å². The molecule has 0 radical (unpaired) electrons. The van der Waals surface area contributed by atoms with Gasteiger partial charge in [0.2, 0.25) is 5.91 Å². The van der Waals surface area contributed by atoms with E-state index in [9.17, 15) is 23.4 Å². The van der Waals surface area contributed by atoms with E-state index in [0.717, 1.165) is 19.3 Å². The molecule has 4 rings (SSSR count). The van der Waals surface area contributed by atoms with Crippen molar-refractivity contribution in [3.8, 4) is 0 Å². The summed E-state index contributed by atoms with van der Waals surface area (Å²) in [6, 6.07) is 0. The summed E-state index contributed by atoms with van der Waals surface area (Å²) >= 11 is 0. The van der Waals surface area contributed by atoms with Crippen LogP contribution < -0.4 is 34.9 Å². The van der Waals surface area contributed by atoms with Gasteiger partial charge in [0.1, 0.15) is 0 Å². The van der Waals surface area contributed by atoms with Crippen molar-refractivity contribution < 1.29 is 69.9 Å². The predicted molar refractivity (Wildman–Crippen MR) is 135 cm³/mol. The van der Waals surface area contributed by atoms with Crippen molar-refractivity contribution in [3.63, 3.8) is 0 Å². The van der Waals surface area contributed by atoms with Crippen LogP contribution in [0.4, 0.5) is 0 Å².